The van der Waals surface area contributed by atoms with Gasteiger partial charge in [-0.25, -0.2) is 0 Å². The van der Waals surface area contributed by atoms with Crippen molar-refractivity contribution in [1.82, 2.24) is 4.90 Å². The topological polar surface area (TPSA) is 19.7 Å². The molecule has 2 aliphatic heterocycles. The summed E-state index contributed by atoms with van der Waals surface area (Å²) >= 11 is 5.67. The summed E-state index contributed by atoms with van der Waals surface area (Å²) in [5.74, 6) is 0. The van der Waals surface area contributed by atoms with Crippen LogP contribution in [0, 0.1) is 10.8 Å². The van der Waals surface area contributed by atoms with Gasteiger partial charge in [0.2, 0.25) is 0 Å². The third-order valence-electron chi connectivity index (χ3n) is 4.77. The summed E-state index contributed by atoms with van der Waals surface area (Å²) in [6.45, 7) is 9.47. The highest BCUT2D eigenvalue weighted by molar-refractivity contribution is 7.80. The Bertz CT molecular complexity index is 512. The van der Waals surface area contributed by atoms with E-state index in [0.29, 0.717) is 10.8 Å². The minimum absolute atomic E-state index is 0.373. The number of para-hydroxylation sites is 1. The van der Waals surface area contributed by atoms with Crippen LogP contribution in [-0.4, -0.2) is 43.2 Å². The van der Waals surface area contributed by atoms with Gasteiger partial charge >= 0.3 is 0 Å². The number of piperidine rings is 2. The van der Waals surface area contributed by atoms with Crippen molar-refractivity contribution in [3.63, 3.8) is 0 Å². The predicted octanol–water partition coefficient (Wildman–Crippen LogP) is 1.63. The van der Waals surface area contributed by atoms with Gasteiger partial charge in [0.1, 0.15) is 0 Å². The number of benzene rings is 1. The molecule has 2 aliphatic rings. The molecule has 0 radical (unpaired) electrons. The maximum atomic E-state index is 5.67. The van der Waals surface area contributed by atoms with Crippen molar-refractivity contribution in [3.05, 3.63) is 30.3 Å². The summed E-state index contributed by atoms with van der Waals surface area (Å²) < 4.78 is 0. The average molecular weight is 304 g/mol. The molecule has 1 aromatic rings. The number of rotatable bonds is 1. The molecule has 1 aromatic carbocycles. The second-order valence-corrected chi connectivity index (χ2v) is 8.15. The maximum Gasteiger partial charge on any atom is 0.173 e. The summed E-state index contributed by atoms with van der Waals surface area (Å²) in [6.07, 6.45) is 1.32. The van der Waals surface area contributed by atoms with Crippen LogP contribution in [0.2, 0.25) is 0 Å². The van der Waals surface area contributed by atoms with Crippen LogP contribution in [0.3, 0.4) is 0 Å². The Balaban J connectivity index is 1.73. The Morgan fingerprint density at radius 3 is 2.29 bits per heavy atom. The summed E-state index contributed by atoms with van der Waals surface area (Å²) in [7, 11) is 2.33. The van der Waals surface area contributed by atoms with Gasteiger partial charge in [-0.05, 0) is 30.8 Å². The number of nitrogens with one attached hydrogen (secondary N) is 2. The molecule has 21 heavy (non-hydrogen) atoms. The quantitative estimate of drug-likeness (QED) is 0.770. The molecule has 2 fully saturated rings. The number of nitrogens with zero attached hydrogens (tertiary/aromatic N) is 1. The van der Waals surface area contributed by atoms with Gasteiger partial charge in [0.05, 0.1) is 20.1 Å². The van der Waals surface area contributed by atoms with Crippen LogP contribution >= 0.6 is 12.2 Å². The highest BCUT2D eigenvalue weighted by atomic mass is 32.1. The van der Waals surface area contributed by atoms with E-state index in [4.69, 9.17) is 12.2 Å². The number of hydrogen-bond acceptors (Lipinski definition) is 1. The van der Waals surface area contributed by atoms with E-state index in [1.54, 1.807) is 4.90 Å². The van der Waals surface area contributed by atoms with E-state index in [2.05, 4.69) is 43.2 Å². The molecular weight excluding hydrogens is 278 g/mol. The van der Waals surface area contributed by atoms with E-state index in [-0.39, 0.29) is 0 Å². The summed E-state index contributed by atoms with van der Waals surface area (Å²) in [5.41, 5.74) is 1.83. The lowest BCUT2D eigenvalue weighted by atomic mass is 9.66. The van der Waals surface area contributed by atoms with Gasteiger partial charge < -0.3 is 15.1 Å². The van der Waals surface area contributed by atoms with Crippen LogP contribution in [0.25, 0.3) is 0 Å². The molecule has 0 spiro atoms. The summed E-state index contributed by atoms with van der Waals surface area (Å²) in [5, 5.41) is 4.27. The van der Waals surface area contributed by atoms with E-state index in [1.807, 2.05) is 18.2 Å². The van der Waals surface area contributed by atoms with Crippen LogP contribution < -0.4 is 10.2 Å². The largest absolute Gasteiger partial charge is 0.347 e. The molecule has 0 saturated carbocycles. The van der Waals surface area contributed by atoms with Crippen molar-refractivity contribution in [2.75, 3.05) is 38.5 Å². The Hall–Kier alpha value is -1.13. The fourth-order valence-corrected chi connectivity index (χ4v) is 4.99. The van der Waals surface area contributed by atoms with Gasteiger partial charge in [0.25, 0.3) is 0 Å². The summed E-state index contributed by atoms with van der Waals surface area (Å²) in [6, 6.07) is 10.2. The molecule has 2 saturated heterocycles. The van der Waals surface area contributed by atoms with Crippen LogP contribution in [0.4, 0.5) is 5.69 Å². The van der Waals surface area contributed by atoms with E-state index >= 15 is 0 Å². The SMILES string of the molecule is C[NH+]1C[C@]2(C)CN(C(=S)Nc3ccccc3)C[C@](C)(C1)C2. The van der Waals surface area contributed by atoms with Crippen LogP contribution in [0.5, 0.6) is 0 Å². The van der Waals surface area contributed by atoms with Crippen LogP contribution in [-0.2, 0) is 0 Å². The number of quaternary nitrogens is 1. The molecule has 0 aliphatic carbocycles. The third kappa shape index (κ3) is 3.22. The lowest BCUT2D eigenvalue weighted by Gasteiger charge is -2.54. The number of anilines is 1. The normalized spacial score (nSPS) is 35.4. The average Bonchev–Trinajstić information content (AvgIpc) is 2.36. The molecule has 1 unspecified atom stereocenters. The third-order valence-corrected chi connectivity index (χ3v) is 5.13. The van der Waals surface area contributed by atoms with E-state index in [9.17, 15) is 0 Å². The van der Waals surface area contributed by atoms with E-state index in [0.717, 1.165) is 23.9 Å². The number of likely N-dealkylation sites (tertiary alicyclic amines) is 2. The Labute approximate surface area is 133 Å². The van der Waals surface area contributed by atoms with Crippen molar-refractivity contribution in [1.29, 1.82) is 0 Å². The summed E-state index contributed by atoms with van der Waals surface area (Å²) in [4.78, 5) is 4.05. The first-order chi connectivity index (χ1) is 9.88. The lowest BCUT2D eigenvalue weighted by Crippen LogP contribution is -3.14. The van der Waals surface area contributed by atoms with Crippen LogP contribution in [0.1, 0.15) is 20.3 Å². The molecule has 2 heterocycles. The fraction of sp³-hybridized carbons (Fsp3) is 0.588. The highest BCUT2D eigenvalue weighted by Crippen LogP contribution is 2.41. The minimum atomic E-state index is 0.373. The number of thiocarbonyl (C=S) groups is 1. The first-order valence-corrected chi connectivity index (χ1v) is 8.21. The number of hydrogen-bond donors (Lipinski definition) is 2. The second-order valence-electron chi connectivity index (χ2n) is 7.76. The van der Waals surface area contributed by atoms with Crippen molar-refractivity contribution < 1.29 is 4.90 Å². The van der Waals surface area contributed by atoms with Gasteiger partial charge in [-0.2, -0.15) is 0 Å². The zero-order valence-electron chi connectivity index (χ0n) is 13.3. The van der Waals surface area contributed by atoms with Gasteiger partial charge in [0, 0.05) is 29.6 Å². The Morgan fingerprint density at radius 1 is 1.14 bits per heavy atom. The van der Waals surface area contributed by atoms with Crippen molar-refractivity contribution >= 4 is 23.0 Å². The van der Waals surface area contributed by atoms with Gasteiger partial charge in [-0.1, -0.05) is 32.0 Å². The highest BCUT2D eigenvalue weighted by Gasteiger charge is 2.50. The smallest absolute Gasteiger partial charge is 0.173 e. The monoisotopic (exact) mass is 304 g/mol. The van der Waals surface area contributed by atoms with E-state index in [1.165, 1.54) is 19.5 Å². The van der Waals surface area contributed by atoms with Gasteiger partial charge in [0.15, 0.2) is 5.11 Å². The molecule has 3 rings (SSSR count). The zero-order valence-corrected chi connectivity index (χ0v) is 14.1. The molecule has 0 aromatic heterocycles. The number of fused-ring (bicyclic) bond motifs is 2. The zero-order chi connectivity index (χ0) is 15.1. The first kappa shape index (κ1) is 14.8. The molecular formula is C17H26N3S+. The van der Waals surface area contributed by atoms with Crippen LogP contribution in [0.15, 0.2) is 30.3 Å². The maximum absolute atomic E-state index is 5.67. The van der Waals surface area contributed by atoms with Crippen molar-refractivity contribution in [2.45, 2.75) is 20.3 Å². The molecule has 0 amide bonds. The van der Waals surface area contributed by atoms with Crippen molar-refractivity contribution in [3.8, 4) is 0 Å². The second kappa shape index (κ2) is 5.25. The predicted molar refractivity (Wildman–Crippen MR) is 91.7 cm³/mol. The fourth-order valence-electron chi connectivity index (χ4n) is 4.74. The van der Waals surface area contributed by atoms with Gasteiger partial charge in [-0.15, -0.1) is 0 Å². The Morgan fingerprint density at radius 2 is 1.71 bits per heavy atom. The molecule has 3 atom stereocenters. The molecule has 4 heteroatoms. The first-order valence-electron chi connectivity index (χ1n) is 7.80. The van der Waals surface area contributed by atoms with Gasteiger partial charge in [-0.3, -0.25) is 0 Å². The van der Waals surface area contributed by atoms with E-state index < -0.39 is 0 Å². The minimum Gasteiger partial charge on any atom is -0.347 e. The molecule has 114 valence electrons. The van der Waals surface area contributed by atoms with Crippen molar-refractivity contribution in [2.24, 2.45) is 10.8 Å². The molecule has 2 bridgehead atoms. The Kier molecular flexibility index (Phi) is 3.70. The molecule has 3 nitrogen and oxygen atoms in total. The standard InChI is InChI=1S/C17H25N3S/c1-16-9-17(2,11-19(3)10-16)13-20(12-16)15(21)18-14-7-5-4-6-8-14/h4-8H,9-13H2,1-3H3,(H,18,21)/p+1/t16-,17+. The molecule has 2 N–H and O–H groups in total. The lowest BCUT2D eigenvalue weighted by molar-refractivity contribution is -0.902.